The van der Waals surface area contributed by atoms with Crippen LogP contribution in [0.1, 0.15) is 30.4 Å². The van der Waals surface area contributed by atoms with Crippen LogP contribution in [0.15, 0.2) is 89.7 Å². The van der Waals surface area contributed by atoms with E-state index in [1.807, 2.05) is 85.8 Å². The van der Waals surface area contributed by atoms with E-state index in [0.717, 1.165) is 81.3 Å². The summed E-state index contributed by atoms with van der Waals surface area (Å²) in [6.45, 7) is 4.81. The second-order valence-electron chi connectivity index (χ2n) is 12.1. The number of amides is 3. The molecule has 0 aliphatic carbocycles. The maximum atomic E-state index is 13.0. The molecule has 3 amide bonds. The first-order chi connectivity index (χ1) is 23.3. The van der Waals surface area contributed by atoms with E-state index in [1.165, 1.54) is 0 Å². The third-order valence-corrected chi connectivity index (χ3v) is 9.59. The third-order valence-electron chi connectivity index (χ3n) is 8.64. The number of phenols is 1. The summed E-state index contributed by atoms with van der Waals surface area (Å²) in [7, 11) is 0. The highest BCUT2D eigenvalue weighted by molar-refractivity contribution is 7.16. The van der Waals surface area contributed by atoms with Crippen molar-refractivity contribution >= 4 is 50.6 Å². The number of anilines is 3. The molecule has 2 heterocycles. The molecular formula is C37H40N6O4S. The molecule has 5 aromatic rings. The Hall–Kier alpha value is -5.13. The van der Waals surface area contributed by atoms with Gasteiger partial charge in [0.05, 0.1) is 21.8 Å². The van der Waals surface area contributed by atoms with Crippen molar-refractivity contribution in [1.29, 1.82) is 0 Å². The minimum Gasteiger partial charge on any atom is -0.506 e. The van der Waals surface area contributed by atoms with E-state index in [9.17, 15) is 19.5 Å². The predicted molar refractivity (Wildman–Crippen MR) is 194 cm³/mol. The van der Waals surface area contributed by atoms with E-state index < -0.39 is 0 Å². The van der Waals surface area contributed by atoms with E-state index in [0.29, 0.717) is 31.4 Å². The van der Waals surface area contributed by atoms with E-state index >= 15 is 0 Å². The number of piperidine rings is 1. The number of benzene rings is 4. The molecule has 10 nitrogen and oxygen atoms in total. The largest absolute Gasteiger partial charge is 0.506 e. The lowest BCUT2D eigenvalue weighted by atomic mass is 10.0. The van der Waals surface area contributed by atoms with Gasteiger partial charge in [0.1, 0.15) is 11.3 Å². The predicted octanol–water partition coefficient (Wildman–Crippen LogP) is 6.54. The summed E-state index contributed by atoms with van der Waals surface area (Å²) in [5, 5.41) is 22.7. The SMILES string of the molecule is Cc1ccc(NCCc2ccc(O)c3[nH]c(=O)sc23)c(NC(=O)CCN2CCC(NC(=O)Nc3ccccc3-c3ccccc3)CC2)c1. The summed E-state index contributed by atoms with van der Waals surface area (Å²) >= 11 is 1.09. The normalized spacial score (nSPS) is 13.7. The van der Waals surface area contributed by atoms with Gasteiger partial charge < -0.3 is 36.3 Å². The van der Waals surface area contributed by atoms with Gasteiger partial charge in [-0.15, -0.1) is 0 Å². The standard InChI is InChI=1S/C37H40N6O4S/c1-24-11-13-30(38-19-15-26-12-14-32(44)34-35(26)48-37(47)42-34)31(23-24)40-33(45)18-22-43-20-16-27(17-21-43)39-36(46)41-29-10-6-5-9-28(29)25-7-3-2-4-8-25/h2-14,23,27,38,44H,15-22H2,1H3,(H,40,45)(H,42,47)(H2,39,41,46). The molecule has 6 rings (SSSR count). The Balaban J connectivity index is 0.950. The van der Waals surface area contributed by atoms with Crippen LogP contribution in [0.5, 0.6) is 5.75 Å². The average molecular weight is 665 g/mol. The van der Waals surface area contributed by atoms with Crippen molar-refractivity contribution in [3.63, 3.8) is 0 Å². The van der Waals surface area contributed by atoms with Crippen LogP contribution in [0, 0.1) is 6.92 Å². The fourth-order valence-corrected chi connectivity index (χ4v) is 6.99. The van der Waals surface area contributed by atoms with Crippen molar-refractivity contribution in [2.75, 3.05) is 42.1 Å². The zero-order chi connectivity index (χ0) is 33.5. The zero-order valence-electron chi connectivity index (χ0n) is 26.8. The highest BCUT2D eigenvalue weighted by atomic mass is 32.1. The molecule has 248 valence electrons. The number of H-pyrrole nitrogens is 1. The molecular weight excluding hydrogens is 625 g/mol. The number of carbonyl (C=O) groups excluding carboxylic acids is 2. The van der Waals surface area contributed by atoms with E-state index in [1.54, 1.807) is 6.07 Å². The van der Waals surface area contributed by atoms with Gasteiger partial charge in [-0.05, 0) is 67.1 Å². The fourth-order valence-electron chi connectivity index (χ4n) is 6.10. The van der Waals surface area contributed by atoms with Gasteiger partial charge in [0, 0.05) is 44.2 Å². The number of phenolic OH excluding ortho intramolecular Hbond substituents is 1. The molecule has 0 radical (unpaired) electrons. The number of aromatic amines is 1. The summed E-state index contributed by atoms with van der Waals surface area (Å²) in [4.78, 5) is 42.5. The molecule has 1 fully saturated rings. The summed E-state index contributed by atoms with van der Waals surface area (Å²) in [6, 6.07) is 27.0. The molecule has 0 atom stereocenters. The Bertz CT molecular complexity index is 1950. The topological polar surface area (TPSA) is 139 Å². The number of aromatic hydroxyl groups is 1. The molecule has 0 spiro atoms. The Kier molecular flexibility index (Phi) is 10.4. The van der Waals surface area contributed by atoms with E-state index in [-0.39, 0.29) is 28.6 Å². The van der Waals surface area contributed by atoms with Crippen LogP contribution < -0.4 is 26.1 Å². The average Bonchev–Trinajstić information content (AvgIpc) is 3.49. The molecule has 11 heteroatoms. The maximum absolute atomic E-state index is 13.0. The van der Waals surface area contributed by atoms with E-state index in [4.69, 9.17) is 0 Å². The third kappa shape index (κ3) is 8.23. The molecule has 0 saturated carbocycles. The Morgan fingerprint density at radius 3 is 2.50 bits per heavy atom. The van der Waals surface area contributed by atoms with Gasteiger partial charge in [0.25, 0.3) is 0 Å². The maximum Gasteiger partial charge on any atom is 0.319 e. The van der Waals surface area contributed by atoms with Crippen molar-refractivity contribution in [3.8, 4) is 16.9 Å². The van der Waals surface area contributed by atoms with Crippen molar-refractivity contribution in [3.05, 3.63) is 106 Å². The number of nitrogens with zero attached hydrogens (tertiary/aromatic N) is 1. The second-order valence-corrected chi connectivity index (χ2v) is 13.1. The number of aromatic nitrogens is 1. The summed E-state index contributed by atoms with van der Waals surface area (Å²) in [5.74, 6) is 0.00590. The number of rotatable bonds is 11. The Labute approximate surface area is 283 Å². The number of hydrogen-bond acceptors (Lipinski definition) is 7. The van der Waals surface area contributed by atoms with Gasteiger partial charge in [-0.1, -0.05) is 72.0 Å². The molecule has 48 heavy (non-hydrogen) atoms. The smallest absolute Gasteiger partial charge is 0.319 e. The molecule has 1 aliphatic heterocycles. The van der Waals surface area contributed by atoms with E-state index in [2.05, 4.69) is 31.2 Å². The molecule has 1 aliphatic rings. The zero-order valence-corrected chi connectivity index (χ0v) is 27.7. The number of aryl methyl sites for hydroxylation is 1. The van der Waals surface area contributed by atoms with Crippen LogP contribution in [-0.2, 0) is 11.2 Å². The second kappa shape index (κ2) is 15.2. The van der Waals surface area contributed by atoms with Crippen molar-refractivity contribution in [2.24, 2.45) is 0 Å². The monoisotopic (exact) mass is 664 g/mol. The summed E-state index contributed by atoms with van der Waals surface area (Å²) in [5.41, 5.74) is 6.81. The first kappa shape index (κ1) is 32.8. The highest BCUT2D eigenvalue weighted by Gasteiger charge is 2.22. The summed E-state index contributed by atoms with van der Waals surface area (Å²) < 4.78 is 0.756. The fraction of sp³-hybridized carbons (Fsp3) is 0.270. The quantitative estimate of drug-likeness (QED) is 0.0949. The Morgan fingerprint density at radius 1 is 0.917 bits per heavy atom. The van der Waals surface area contributed by atoms with Crippen molar-refractivity contribution in [2.45, 2.75) is 38.6 Å². The van der Waals surface area contributed by atoms with Crippen LogP contribution in [0.3, 0.4) is 0 Å². The molecule has 1 saturated heterocycles. The van der Waals surface area contributed by atoms with Gasteiger partial charge in [-0.25, -0.2) is 4.79 Å². The first-order valence-corrected chi connectivity index (χ1v) is 17.1. The van der Waals surface area contributed by atoms with Gasteiger partial charge in [-0.3, -0.25) is 9.59 Å². The number of nitrogens with one attached hydrogen (secondary N) is 5. The van der Waals surface area contributed by atoms with Crippen LogP contribution in [0.4, 0.5) is 21.9 Å². The van der Waals surface area contributed by atoms with Gasteiger partial charge in [0.2, 0.25) is 5.91 Å². The number of para-hydroxylation sites is 1. The molecule has 6 N–H and O–H groups in total. The number of carbonyl (C=O) groups is 2. The lowest BCUT2D eigenvalue weighted by Crippen LogP contribution is -2.46. The molecule has 0 bridgehead atoms. The molecule has 1 aromatic heterocycles. The van der Waals surface area contributed by atoms with Crippen LogP contribution in [-0.4, -0.2) is 59.1 Å². The molecule has 4 aromatic carbocycles. The number of thiazole rings is 1. The summed E-state index contributed by atoms with van der Waals surface area (Å²) in [6.07, 6.45) is 2.63. The number of fused-ring (bicyclic) bond motifs is 1. The van der Waals surface area contributed by atoms with Crippen molar-refractivity contribution < 1.29 is 14.7 Å². The van der Waals surface area contributed by atoms with Gasteiger partial charge in [-0.2, -0.15) is 0 Å². The van der Waals surface area contributed by atoms with Crippen LogP contribution in [0.2, 0.25) is 0 Å². The minimum atomic E-state index is -0.211. The first-order valence-electron chi connectivity index (χ1n) is 16.2. The number of hydrogen-bond donors (Lipinski definition) is 6. The number of likely N-dealkylation sites (tertiary alicyclic amines) is 1. The highest BCUT2D eigenvalue weighted by Crippen LogP contribution is 2.30. The lowest BCUT2D eigenvalue weighted by Gasteiger charge is -2.32. The van der Waals surface area contributed by atoms with Crippen LogP contribution >= 0.6 is 11.3 Å². The van der Waals surface area contributed by atoms with Gasteiger partial charge in [0.15, 0.2) is 0 Å². The molecule has 0 unspecified atom stereocenters. The van der Waals surface area contributed by atoms with Gasteiger partial charge >= 0.3 is 10.9 Å². The minimum absolute atomic E-state index is 0.0577. The van der Waals surface area contributed by atoms with Crippen molar-refractivity contribution in [1.82, 2.24) is 15.2 Å². The number of urea groups is 1. The Morgan fingerprint density at radius 2 is 1.69 bits per heavy atom. The lowest BCUT2D eigenvalue weighted by molar-refractivity contribution is -0.116. The van der Waals surface area contributed by atoms with Crippen LogP contribution in [0.25, 0.3) is 21.3 Å².